The van der Waals surface area contributed by atoms with Gasteiger partial charge in [0.15, 0.2) is 0 Å². The fourth-order valence-electron chi connectivity index (χ4n) is 1.96. The van der Waals surface area contributed by atoms with Crippen molar-refractivity contribution in [3.05, 3.63) is 59.3 Å². The molecule has 0 fully saturated rings. The van der Waals surface area contributed by atoms with Crippen molar-refractivity contribution in [1.82, 2.24) is 4.98 Å². The number of anilines is 1. The van der Waals surface area contributed by atoms with E-state index in [1.54, 1.807) is 12.3 Å². The van der Waals surface area contributed by atoms with Crippen LogP contribution in [-0.2, 0) is 12.8 Å². The van der Waals surface area contributed by atoms with Crippen LogP contribution in [0.4, 0.5) is 5.82 Å². The molecule has 0 saturated heterocycles. The number of hydrogen-bond donors (Lipinski definition) is 2. The van der Waals surface area contributed by atoms with Gasteiger partial charge in [-0.2, -0.15) is 0 Å². The second-order valence-electron chi connectivity index (χ2n) is 4.64. The first-order chi connectivity index (χ1) is 8.63. The molecule has 0 aliphatic rings. The molecule has 2 rings (SSSR count). The van der Waals surface area contributed by atoms with Crippen LogP contribution in [0.5, 0.6) is 0 Å². The monoisotopic (exact) mass is 242 g/mol. The Balaban J connectivity index is 1.96. The van der Waals surface area contributed by atoms with Crippen LogP contribution in [0, 0.1) is 6.92 Å². The molecule has 1 aromatic heterocycles. The molecule has 1 aromatic carbocycles. The Morgan fingerprint density at radius 3 is 2.44 bits per heavy atom. The maximum Gasteiger partial charge on any atom is 0.123 e. The van der Waals surface area contributed by atoms with Gasteiger partial charge < -0.3 is 10.8 Å². The molecular formula is C15H18N2O. The van der Waals surface area contributed by atoms with Gasteiger partial charge in [0.25, 0.3) is 0 Å². The Labute approximate surface area is 107 Å². The van der Waals surface area contributed by atoms with E-state index in [-0.39, 0.29) is 0 Å². The molecule has 3 N–H and O–H groups in total. The molecular weight excluding hydrogens is 224 g/mol. The predicted octanol–water partition coefficient (Wildman–Crippen LogP) is 2.12. The van der Waals surface area contributed by atoms with Crippen LogP contribution in [0.15, 0.2) is 42.6 Å². The van der Waals surface area contributed by atoms with Crippen LogP contribution in [0.2, 0.25) is 0 Å². The molecule has 3 nitrogen and oxygen atoms in total. The summed E-state index contributed by atoms with van der Waals surface area (Å²) in [6.45, 7) is 2.06. The van der Waals surface area contributed by atoms with Crippen molar-refractivity contribution in [2.75, 3.05) is 5.73 Å². The van der Waals surface area contributed by atoms with E-state index in [2.05, 4.69) is 36.2 Å². The number of nitrogen functional groups attached to an aromatic ring is 1. The summed E-state index contributed by atoms with van der Waals surface area (Å²) < 4.78 is 0. The molecule has 0 aliphatic carbocycles. The average molecular weight is 242 g/mol. The predicted molar refractivity (Wildman–Crippen MR) is 73.2 cm³/mol. The number of rotatable bonds is 4. The Morgan fingerprint density at radius 1 is 1.11 bits per heavy atom. The number of pyridine rings is 1. The number of aliphatic hydroxyl groups is 1. The van der Waals surface area contributed by atoms with Gasteiger partial charge >= 0.3 is 0 Å². The second kappa shape index (κ2) is 5.65. The fraction of sp³-hybridized carbons (Fsp3) is 0.267. The molecule has 1 unspecified atom stereocenters. The van der Waals surface area contributed by atoms with E-state index in [4.69, 9.17) is 5.73 Å². The van der Waals surface area contributed by atoms with Crippen LogP contribution in [-0.4, -0.2) is 16.2 Å². The fourth-order valence-corrected chi connectivity index (χ4v) is 1.96. The molecule has 1 heterocycles. The minimum Gasteiger partial charge on any atom is -0.392 e. The number of benzene rings is 1. The highest BCUT2D eigenvalue weighted by Gasteiger charge is 2.07. The van der Waals surface area contributed by atoms with Crippen molar-refractivity contribution in [3.8, 4) is 0 Å². The van der Waals surface area contributed by atoms with Gasteiger partial charge in [-0.25, -0.2) is 4.98 Å². The third-order valence-corrected chi connectivity index (χ3v) is 2.91. The zero-order valence-electron chi connectivity index (χ0n) is 10.5. The van der Waals surface area contributed by atoms with E-state index in [0.717, 1.165) is 11.1 Å². The summed E-state index contributed by atoms with van der Waals surface area (Å²) >= 11 is 0. The van der Waals surface area contributed by atoms with E-state index in [9.17, 15) is 5.11 Å². The summed E-state index contributed by atoms with van der Waals surface area (Å²) in [5.74, 6) is 0.495. The smallest absolute Gasteiger partial charge is 0.123 e. The maximum absolute atomic E-state index is 10.1. The summed E-state index contributed by atoms with van der Waals surface area (Å²) in [5, 5.41) is 10.1. The van der Waals surface area contributed by atoms with Crippen LogP contribution >= 0.6 is 0 Å². The molecule has 0 aliphatic heterocycles. The van der Waals surface area contributed by atoms with Gasteiger partial charge in [0.1, 0.15) is 5.82 Å². The standard InChI is InChI=1S/C15H18N2O/c1-11-2-4-12(5-3-11)8-14(18)9-13-6-7-17-15(16)10-13/h2-7,10,14,18H,8-9H2,1H3,(H2,16,17). The van der Waals surface area contributed by atoms with Crippen LogP contribution in [0.25, 0.3) is 0 Å². The van der Waals surface area contributed by atoms with Gasteiger partial charge in [0, 0.05) is 6.20 Å². The van der Waals surface area contributed by atoms with Gasteiger partial charge in [-0.3, -0.25) is 0 Å². The summed E-state index contributed by atoms with van der Waals surface area (Å²) in [4.78, 5) is 3.94. The summed E-state index contributed by atoms with van der Waals surface area (Å²) in [6.07, 6.45) is 2.53. The lowest BCUT2D eigenvalue weighted by molar-refractivity contribution is 0.175. The number of aromatic nitrogens is 1. The Bertz CT molecular complexity index is 508. The first kappa shape index (κ1) is 12.6. The Morgan fingerprint density at radius 2 is 1.78 bits per heavy atom. The summed E-state index contributed by atoms with van der Waals surface area (Å²) in [7, 11) is 0. The normalized spacial score (nSPS) is 12.3. The number of nitrogens with two attached hydrogens (primary N) is 1. The molecule has 0 radical (unpaired) electrons. The lowest BCUT2D eigenvalue weighted by atomic mass is 10.0. The van der Waals surface area contributed by atoms with Crippen LogP contribution < -0.4 is 5.73 Å². The molecule has 0 spiro atoms. The SMILES string of the molecule is Cc1ccc(CC(O)Cc2ccnc(N)c2)cc1. The van der Waals surface area contributed by atoms with Crippen LogP contribution in [0.3, 0.4) is 0 Å². The Hall–Kier alpha value is -1.87. The van der Waals surface area contributed by atoms with Crippen molar-refractivity contribution in [3.63, 3.8) is 0 Å². The first-order valence-corrected chi connectivity index (χ1v) is 6.07. The maximum atomic E-state index is 10.1. The molecule has 0 amide bonds. The summed E-state index contributed by atoms with van der Waals surface area (Å²) in [6, 6.07) is 11.9. The van der Waals surface area contributed by atoms with Gasteiger partial charge in [0.2, 0.25) is 0 Å². The van der Waals surface area contributed by atoms with Crippen LogP contribution in [0.1, 0.15) is 16.7 Å². The lowest BCUT2D eigenvalue weighted by Crippen LogP contribution is -2.14. The third-order valence-electron chi connectivity index (χ3n) is 2.91. The summed E-state index contributed by atoms with van der Waals surface area (Å²) in [5.41, 5.74) is 9.01. The molecule has 0 bridgehead atoms. The molecule has 18 heavy (non-hydrogen) atoms. The average Bonchev–Trinajstić information content (AvgIpc) is 2.32. The molecule has 1 atom stereocenters. The zero-order valence-corrected chi connectivity index (χ0v) is 10.5. The van der Waals surface area contributed by atoms with Crippen molar-refractivity contribution in [2.24, 2.45) is 0 Å². The van der Waals surface area contributed by atoms with Crippen molar-refractivity contribution in [2.45, 2.75) is 25.9 Å². The van der Waals surface area contributed by atoms with E-state index in [1.165, 1.54) is 5.56 Å². The lowest BCUT2D eigenvalue weighted by Gasteiger charge is -2.11. The highest BCUT2D eigenvalue weighted by molar-refractivity contribution is 5.32. The molecule has 94 valence electrons. The van der Waals surface area contributed by atoms with Gasteiger partial charge in [-0.05, 0) is 43.0 Å². The largest absolute Gasteiger partial charge is 0.392 e. The molecule has 2 aromatic rings. The topological polar surface area (TPSA) is 59.1 Å². The minimum absolute atomic E-state index is 0.394. The third kappa shape index (κ3) is 3.57. The van der Waals surface area contributed by atoms with Crippen molar-refractivity contribution in [1.29, 1.82) is 0 Å². The molecule has 0 saturated carbocycles. The van der Waals surface area contributed by atoms with Gasteiger partial charge in [0.05, 0.1) is 6.10 Å². The zero-order chi connectivity index (χ0) is 13.0. The Kier molecular flexibility index (Phi) is 3.95. The number of aryl methyl sites for hydroxylation is 1. The quantitative estimate of drug-likeness (QED) is 0.863. The second-order valence-corrected chi connectivity index (χ2v) is 4.64. The molecule has 3 heteroatoms. The van der Waals surface area contributed by atoms with E-state index in [0.29, 0.717) is 18.7 Å². The van der Waals surface area contributed by atoms with E-state index in [1.807, 2.05) is 6.07 Å². The van der Waals surface area contributed by atoms with Crippen molar-refractivity contribution < 1.29 is 5.11 Å². The van der Waals surface area contributed by atoms with E-state index >= 15 is 0 Å². The minimum atomic E-state index is -0.394. The number of aliphatic hydroxyl groups excluding tert-OH is 1. The number of hydrogen-bond acceptors (Lipinski definition) is 3. The van der Waals surface area contributed by atoms with E-state index < -0.39 is 6.10 Å². The van der Waals surface area contributed by atoms with Gasteiger partial charge in [-0.15, -0.1) is 0 Å². The first-order valence-electron chi connectivity index (χ1n) is 6.07. The highest BCUT2D eigenvalue weighted by atomic mass is 16.3. The number of nitrogens with zero attached hydrogens (tertiary/aromatic N) is 1. The van der Waals surface area contributed by atoms with Gasteiger partial charge in [-0.1, -0.05) is 29.8 Å². The highest BCUT2D eigenvalue weighted by Crippen LogP contribution is 2.11. The van der Waals surface area contributed by atoms with Crippen molar-refractivity contribution >= 4 is 5.82 Å².